The van der Waals surface area contributed by atoms with Gasteiger partial charge in [-0.05, 0) is 5.56 Å². The molecule has 0 fully saturated rings. The minimum atomic E-state index is -0.118. The van der Waals surface area contributed by atoms with Crippen LogP contribution in [0.5, 0.6) is 0 Å². The molecule has 84 valence electrons. The van der Waals surface area contributed by atoms with Gasteiger partial charge in [0.25, 0.3) is 0 Å². The maximum absolute atomic E-state index is 9.16. The van der Waals surface area contributed by atoms with E-state index in [2.05, 4.69) is 4.98 Å². The van der Waals surface area contributed by atoms with Gasteiger partial charge in [0.15, 0.2) is 0 Å². The summed E-state index contributed by atoms with van der Waals surface area (Å²) in [6, 6.07) is 9.88. The van der Waals surface area contributed by atoms with E-state index in [-0.39, 0.29) is 13.2 Å². The SMILES string of the molecule is OCc1cnc(CO)n1Cc1ccccc1. The third-order valence-electron chi connectivity index (χ3n) is 2.51. The predicted molar refractivity (Wildman–Crippen MR) is 59.6 cm³/mol. The summed E-state index contributed by atoms with van der Waals surface area (Å²) in [7, 11) is 0. The van der Waals surface area contributed by atoms with Crippen molar-refractivity contribution in [3.8, 4) is 0 Å². The molecule has 0 aliphatic rings. The van der Waals surface area contributed by atoms with Crippen molar-refractivity contribution in [3.05, 3.63) is 53.6 Å². The van der Waals surface area contributed by atoms with Crippen LogP contribution in [0.4, 0.5) is 0 Å². The van der Waals surface area contributed by atoms with Crippen molar-refractivity contribution in [3.63, 3.8) is 0 Å². The van der Waals surface area contributed by atoms with Crippen molar-refractivity contribution >= 4 is 0 Å². The average Bonchev–Trinajstić information content (AvgIpc) is 2.72. The zero-order chi connectivity index (χ0) is 11.4. The lowest BCUT2D eigenvalue weighted by atomic mass is 10.2. The molecule has 0 unspecified atom stereocenters. The van der Waals surface area contributed by atoms with E-state index in [1.807, 2.05) is 34.9 Å². The van der Waals surface area contributed by atoms with E-state index in [1.165, 1.54) is 0 Å². The molecular weight excluding hydrogens is 204 g/mol. The van der Waals surface area contributed by atoms with Gasteiger partial charge in [0.05, 0.1) is 18.5 Å². The zero-order valence-electron chi connectivity index (χ0n) is 8.87. The van der Waals surface area contributed by atoms with Crippen molar-refractivity contribution in [1.82, 2.24) is 9.55 Å². The van der Waals surface area contributed by atoms with Gasteiger partial charge in [-0.3, -0.25) is 0 Å². The Morgan fingerprint density at radius 2 is 1.81 bits per heavy atom. The highest BCUT2D eigenvalue weighted by molar-refractivity contribution is 5.17. The number of nitrogens with zero attached hydrogens (tertiary/aromatic N) is 2. The molecule has 2 aromatic rings. The quantitative estimate of drug-likeness (QED) is 0.802. The van der Waals surface area contributed by atoms with Crippen molar-refractivity contribution in [2.45, 2.75) is 19.8 Å². The molecule has 0 saturated heterocycles. The number of imidazole rings is 1. The monoisotopic (exact) mass is 218 g/mol. The van der Waals surface area contributed by atoms with Crippen LogP contribution in [0.1, 0.15) is 17.1 Å². The lowest BCUT2D eigenvalue weighted by Gasteiger charge is -2.09. The van der Waals surface area contributed by atoms with Gasteiger partial charge in [0.1, 0.15) is 12.4 Å². The van der Waals surface area contributed by atoms with E-state index < -0.39 is 0 Å². The zero-order valence-corrected chi connectivity index (χ0v) is 8.87. The maximum atomic E-state index is 9.16. The highest BCUT2D eigenvalue weighted by atomic mass is 16.3. The molecule has 0 aliphatic heterocycles. The second kappa shape index (κ2) is 4.92. The first-order chi connectivity index (χ1) is 7.85. The Hall–Kier alpha value is -1.65. The molecular formula is C12H14N2O2. The van der Waals surface area contributed by atoms with Crippen LogP contribution in [0.2, 0.25) is 0 Å². The number of rotatable bonds is 4. The van der Waals surface area contributed by atoms with Gasteiger partial charge < -0.3 is 14.8 Å². The number of hydrogen-bond donors (Lipinski definition) is 2. The minimum absolute atomic E-state index is 0.0696. The summed E-state index contributed by atoms with van der Waals surface area (Å²) in [5, 5.41) is 18.3. The largest absolute Gasteiger partial charge is 0.390 e. The fraction of sp³-hybridized carbons (Fsp3) is 0.250. The van der Waals surface area contributed by atoms with Crippen LogP contribution in [0.25, 0.3) is 0 Å². The smallest absolute Gasteiger partial charge is 0.135 e. The van der Waals surface area contributed by atoms with Gasteiger partial charge in [-0.2, -0.15) is 0 Å². The fourth-order valence-corrected chi connectivity index (χ4v) is 1.67. The van der Waals surface area contributed by atoms with Gasteiger partial charge in [0, 0.05) is 6.54 Å². The van der Waals surface area contributed by atoms with Crippen molar-refractivity contribution in [2.75, 3.05) is 0 Å². The first-order valence-electron chi connectivity index (χ1n) is 5.14. The standard InChI is InChI=1S/C12H14N2O2/c15-8-11-6-13-12(9-16)14(11)7-10-4-2-1-3-5-10/h1-6,15-16H,7-9H2. The van der Waals surface area contributed by atoms with Crippen LogP contribution < -0.4 is 0 Å². The van der Waals surface area contributed by atoms with E-state index in [0.29, 0.717) is 18.1 Å². The van der Waals surface area contributed by atoms with E-state index in [9.17, 15) is 0 Å². The first-order valence-corrected chi connectivity index (χ1v) is 5.14. The van der Waals surface area contributed by atoms with Gasteiger partial charge >= 0.3 is 0 Å². The summed E-state index contributed by atoms with van der Waals surface area (Å²) in [6.45, 7) is 0.430. The van der Waals surface area contributed by atoms with E-state index in [0.717, 1.165) is 5.56 Å². The molecule has 16 heavy (non-hydrogen) atoms. The molecule has 0 aliphatic carbocycles. The predicted octanol–water partition coefficient (Wildman–Crippen LogP) is 0.916. The summed E-state index contributed by atoms with van der Waals surface area (Å²) in [5.74, 6) is 0.577. The molecule has 1 aromatic heterocycles. The first kappa shape index (κ1) is 10.9. The molecule has 0 bridgehead atoms. The highest BCUT2D eigenvalue weighted by Crippen LogP contribution is 2.10. The second-order valence-electron chi connectivity index (χ2n) is 3.55. The minimum Gasteiger partial charge on any atom is -0.390 e. The Balaban J connectivity index is 2.29. The number of aromatic nitrogens is 2. The maximum Gasteiger partial charge on any atom is 0.135 e. The molecule has 0 atom stereocenters. The van der Waals surface area contributed by atoms with Crippen molar-refractivity contribution in [1.29, 1.82) is 0 Å². The fourth-order valence-electron chi connectivity index (χ4n) is 1.67. The Labute approximate surface area is 93.8 Å². The number of hydrogen-bond acceptors (Lipinski definition) is 3. The Kier molecular flexibility index (Phi) is 3.34. The van der Waals surface area contributed by atoms with Gasteiger partial charge in [0.2, 0.25) is 0 Å². The normalized spacial score (nSPS) is 10.6. The van der Waals surface area contributed by atoms with Gasteiger partial charge in [-0.15, -0.1) is 0 Å². The number of aliphatic hydroxyl groups is 2. The van der Waals surface area contributed by atoms with E-state index >= 15 is 0 Å². The van der Waals surface area contributed by atoms with Crippen LogP contribution in [0, 0.1) is 0 Å². The highest BCUT2D eigenvalue weighted by Gasteiger charge is 2.08. The summed E-state index contributed by atoms with van der Waals surface area (Å²) >= 11 is 0. The molecule has 0 saturated carbocycles. The average molecular weight is 218 g/mol. The van der Waals surface area contributed by atoms with Crippen LogP contribution in [-0.2, 0) is 19.8 Å². The number of aliphatic hydroxyl groups excluding tert-OH is 2. The summed E-state index contributed by atoms with van der Waals surface area (Å²) in [5.41, 5.74) is 1.83. The van der Waals surface area contributed by atoms with Gasteiger partial charge in [-0.1, -0.05) is 30.3 Å². The molecule has 0 radical (unpaired) electrons. The third kappa shape index (κ3) is 2.13. The lowest BCUT2D eigenvalue weighted by molar-refractivity contribution is 0.255. The van der Waals surface area contributed by atoms with Crippen molar-refractivity contribution < 1.29 is 10.2 Å². The van der Waals surface area contributed by atoms with Crippen LogP contribution in [-0.4, -0.2) is 19.8 Å². The molecule has 0 spiro atoms. The molecule has 1 heterocycles. The van der Waals surface area contributed by atoms with E-state index in [1.54, 1.807) is 6.20 Å². The molecule has 1 aromatic carbocycles. The lowest BCUT2D eigenvalue weighted by Crippen LogP contribution is -2.08. The second-order valence-corrected chi connectivity index (χ2v) is 3.55. The Morgan fingerprint density at radius 3 is 2.44 bits per heavy atom. The molecule has 0 amide bonds. The molecule has 2 N–H and O–H groups in total. The topological polar surface area (TPSA) is 58.3 Å². The Morgan fingerprint density at radius 1 is 1.06 bits per heavy atom. The summed E-state index contributed by atoms with van der Waals surface area (Å²) < 4.78 is 1.83. The third-order valence-corrected chi connectivity index (χ3v) is 2.51. The van der Waals surface area contributed by atoms with Gasteiger partial charge in [-0.25, -0.2) is 4.98 Å². The van der Waals surface area contributed by atoms with Crippen molar-refractivity contribution in [2.24, 2.45) is 0 Å². The molecule has 4 nitrogen and oxygen atoms in total. The van der Waals surface area contributed by atoms with Crippen LogP contribution >= 0.6 is 0 Å². The van der Waals surface area contributed by atoms with E-state index in [4.69, 9.17) is 10.2 Å². The van der Waals surface area contributed by atoms with Crippen LogP contribution in [0.15, 0.2) is 36.5 Å². The molecule has 2 rings (SSSR count). The summed E-state index contributed by atoms with van der Waals surface area (Å²) in [6.07, 6.45) is 1.59. The Bertz CT molecular complexity index is 430. The summed E-state index contributed by atoms with van der Waals surface area (Å²) in [4.78, 5) is 4.05. The number of benzene rings is 1. The van der Waals surface area contributed by atoms with Crippen LogP contribution in [0.3, 0.4) is 0 Å². The molecule has 4 heteroatoms.